The van der Waals surface area contributed by atoms with Gasteiger partial charge in [0.25, 0.3) is 5.91 Å². The molecule has 1 saturated heterocycles. The minimum absolute atomic E-state index is 0.141. The van der Waals surface area contributed by atoms with E-state index in [1.165, 1.54) is 5.56 Å². The van der Waals surface area contributed by atoms with Crippen molar-refractivity contribution in [2.45, 2.75) is 32.4 Å². The van der Waals surface area contributed by atoms with E-state index in [1.807, 2.05) is 30.0 Å². The number of benzene rings is 1. The molecule has 3 heteroatoms. The summed E-state index contributed by atoms with van der Waals surface area (Å²) < 4.78 is 5.47. The van der Waals surface area contributed by atoms with E-state index in [0.29, 0.717) is 13.2 Å². The predicted octanol–water partition coefficient (Wildman–Crippen LogP) is 2.21. The van der Waals surface area contributed by atoms with Crippen molar-refractivity contribution in [1.29, 1.82) is 0 Å². The van der Waals surface area contributed by atoms with Gasteiger partial charge in [-0.25, -0.2) is 0 Å². The van der Waals surface area contributed by atoms with Gasteiger partial charge in [-0.3, -0.25) is 4.79 Å². The van der Waals surface area contributed by atoms with E-state index in [4.69, 9.17) is 4.74 Å². The molecule has 1 unspecified atom stereocenters. The van der Waals surface area contributed by atoms with Crippen molar-refractivity contribution in [3.8, 4) is 0 Å². The Morgan fingerprint density at radius 2 is 2.12 bits per heavy atom. The van der Waals surface area contributed by atoms with Crippen molar-refractivity contribution in [2.24, 2.45) is 0 Å². The number of ether oxygens (including phenoxy) is 1. The van der Waals surface area contributed by atoms with Crippen LogP contribution in [-0.2, 0) is 16.1 Å². The van der Waals surface area contributed by atoms with Gasteiger partial charge in [-0.1, -0.05) is 30.3 Å². The first kappa shape index (κ1) is 12.1. The Morgan fingerprint density at radius 1 is 1.35 bits per heavy atom. The van der Waals surface area contributed by atoms with Crippen LogP contribution < -0.4 is 0 Å². The van der Waals surface area contributed by atoms with Crippen LogP contribution in [0.5, 0.6) is 0 Å². The third-order valence-corrected chi connectivity index (χ3v) is 3.07. The highest BCUT2D eigenvalue weighted by molar-refractivity contribution is 5.81. The maximum absolute atomic E-state index is 12.1. The maximum atomic E-state index is 12.1. The van der Waals surface area contributed by atoms with Crippen molar-refractivity contribution in [3.63, 3.8) is 0 Å². The number of carbonyl (C=O) groups is 1. The summed E-state index contributed by atoms with van der Waals surface area (Å²) in [5.74, 6) is 0.141. The minimum Gasteiger partial charge on any atom is -0.369 e. The number of rotatable bonds is 4. The van der Waals surface area contributed by atoms with E-state index in [0.717, 1.165) is 19.4 Å². The number of amides is 1. The fourth-order valence-corrected chi connectivity index (χ4v) is 2.22. The molecule has 0 aromatic heterocycles. The van der Waals surface area contributed by atoms with Crippen LogP contribution in [0, 0.1) is 0 Å². The van der Waals surface area contributed by atoms with E-state index >= 15 is 0 Å². The number of likely N-dealkylation sites (tertiary alicyclic amines) is 1. The second-order valence-electron chi connectivity index (χ2n) is 4.33. The van der Waals surface area contributed by atoms with Crippen LogP contribution in [0.3, 0.4) is 0 Å². The lowest BCUT2D eigenvalue weighted by molar-refractivity contribution is -0.148. The number of hydrogen-bond acceptors (Lipinski definition) is 2. The third kappa shape index (κ3) is 3.07. The zero-order valence-electron chi connectivity index (χ0n) is 10.3. The molecule has 0 bridgehead atoms. The van der Waals surface area contributed by atoms with Gasteiger partial charge in [0.15, 0.2) is 0 Å². The van der Waals surface area contributed by atoms with E-state index in [1.54, 1.807) is 0 Å². The van der Waals surface area contributed by atoms with Gasteiger partial charge < -0.3 is 9.64 Å². The van der Waals surface area contributed by atoms with E-state index in [9.17, 15) is 4.79 Å². The van der Waals surface area contributed by atoms with Crippen LogP contribution in [0.2, 0.25) is 0 Å². The summed E-state index contributed by atoms with van der Waals surface area (Å²) in [6.07, 6.45) is 1.67. The molecule has 1 aromatic rings. The third-order valence-electron chi connectivity index (χ3n) is 3.07. The van der Waals surface area contributed by atoms with Gasteiger partial charge in [0.05, 0.1) is 0 Å². The summed E-state index contributed by atoms with van der Waals surface area (Å²) in [4.78, 5) is 14.0. The van der Waals surface area contributed by atoms with Crippen molar-refractivity contribution < 1.29 is 9.53 Å². The van der Waals surface area contributed by atoms with Crippen LogP contribution in [0.1, 0.15) is 25.3 Å². The standard InChI is InChI=1S/C14H19NO2/c1-2-17-13-9-6-10-15(14(13)16)11-12-7-4-3-5-8-12/h3-5,7-8,13H,2,6,9-11H2,1H3. The molecule has 0 radical (unpaired) electrons. The molecule has 1 fully saturated rings. The highest BCUT2D eigenvalue weighted by Crippen LogP contribution is 2.17. The molecule has 17 heavy (non-hydrogen) atoms. The van der Waals surface area contributed by atoms with E-state index < -0.39 is 0 Å². The van der Waals surface area contributed by atoms with Crippen LogP contribution in [0.15, 0.2) is 30.3 Å². The first-order chi connectivity index (χ1) is 8.31. The minimum atomic E-state index is -0.225. The fraction of sp³-hybridized carbons (Fsp3) is 0.500. The molecule has 3 nitrogen and oxygen atoms in total. The van der Waals surface area contributed by atoms with Crippen molar-refractivity contribution in [2.75, 3.05) is 13.2 Å². The zero-order chi connectivity index (χ0) is 12.1. The van der Waals surface area contributed by atoms with Crippen molar-refractivity contribution in [3.05, 3.63) is 35.9 Å². The van der Waals surface area contributed by atoms with Crippen LogP contribution in [-0.4, -0.2) is 30.1 Å². The molecule has 0 spiro atoms. The highest BCUT2D eigenvalue weighted by atomic mass is 16.5. The topological polar surface area (TPSA) is 29.5 Å². The molecular formula is C14H19NO2. The van der Waals surface area contributed by atoms with E-state index in [2.05, 4.69) is 12.1 Å². The van der Waals surface area contributed by atoms with Gasteiger partial charge in [-0.15, -0.1) is 0 Å². The highest BCUT2D eigenvalue weighted by Gasteiger charge is 2.28. The lowest BCUT2D eigenvalue weighted by Gasteiger charge is -2.32. The van der Waals surface area contributed by atoms with Gasteiger partial charge in [0, 0.05) is 19.7 Å². The molecule has 1 aliphatic heterocycles. The molecule has 0 saturated carbocycles. The van der Waals surface area contributed by atoms with Crippen molar-refractivity contribution in [1.82, 2.24) is 4.90 Å². The van der Waals surface area contributed by atoms with Crippen molar-refractivity contribution >= 4 is 5.91 Å². The predicted molar refractivity (Wildman–Crippen MR) is 66.5 cm³/mol. The summed E-state index contributed by atoms with van der Waals surface area (Å²) in [6, 6.07) is 10.1. The normalized spacial score (nSPS) is 20.6. The molecule has 1 aromatic carbocycles. The molecule has 1 heterocycles. The first-order valence-electron chi connectivity index (χ1n) is 6.25. The first-order valence-corrected chi connectivity index (χ1v) is 6.25. The van der Waals surface area contributed by atoms with Gasteiger partial charge >= 0.3 is 0 Å². The summed E-state index contributed by atoms with van der Waals surface area (Å²) in [6.45, 7) is 4.08. The molecule has 0 N–H and O–H groups in total. The van der Waals surface area contributed by atoms with E-state index in [-0.39, 0.29) is 12.0 Å². The lowest BCUT2D eigenvalue weighted by Crippen LogP contribution is -2.44. The molecule has 1 atom stereocenters. The summed E-state index contributed by atoms with van der Waals surface area (Å²) in [5, 5.41) is 0. The summed E-state index contributed by atoms with van der Waals surface area (Å²) >= 11 is 0. The lowest BCUT2D eigenvalue weighted by atomic mass is 10.1. The Kier molecular flexibility index (Phi) is 4.15. The maximum Gasteiger partial charge on any atom is 0.251 e. The van der Waals surface area contributed by atoms with Crippen LogP contribution in [0.4, 0.5) is 0 Å². The monoisotopic (exact) mass is 233 g/mol. The molecule has 1 aliphatic rings. The number of piperidine rings is 1. The number of hydrogen-bond donors (Lipinski definition) is 0. The summed E-state index contributed by atoms with van der Waals surface area (Å²) in [5.41, 5.74) is 1.18. The Morgan fingerprint density at radius 3 is 2.82 bits per heavy atom. The Balaban J connectivity index is 1.98. The average molecular weight is 233 g/mol. The molecular weight excluding hydrogens is 214 g/mol. The molecule has 92 valence electrons. The molecule has 2 rings (SSSR count). The largest absolute Gasteiger partial charge is 0.369 e. The quantitative estimate of drug-likeness (QED) is 0.798. The Hall–Kier alpha value is -1.35. The smallest absolute Gasteiger partial charge is 0.251 e. The SMILES string of the molecule is CCOC1CCCN(Cc2ccccc2)C1=O. The second kappa shape index (κ2) is 5.82. The molecule has 1 amide bonds. The number of nitrogens with zero attached hydrogens (tertiary/aromatic N) is 1. The molecule has 0 aliphatic carbocycles. The fourth-order valence-electron chi connectivity index (χ4n) is 2.22. The second-order valence-corrected chi connectivity index (χ2v) is 4.33. The number of carbonyl (C=O) groups excluding carboxylic acids is 1. The van der Waals surface area contributed by atoms with Gasteiger partial charge in [0.2, 0.25) is 0 Å². The van der Waals surface area contributed by atoms with Crippen LogP contribution >= 0.6 is 0 Å². The van der Waals surface area contributed by atoms with Gasteiger partial charge in [0.1, 0.15) is 6.10 Å². The summed E-state index contributed by atoms with van der Waals surface area (Å²) in [7, 11) is 0. The zero-order valence-corrected chi connectivity index (χ0v) is 10.3. The average Bonchev–Trinajstić information content (AvgIpc) is 2.36. The van der Waals surface area contributed by atoms with Crippen LogP contribution in [0.25, 0.3) is 0 Å². The van der Waals surface area contributed by atoms with Gasteiger partial charge in [-0.2, -0.15) is 0 Å². The Labute approximate surface area is 102 Å². The Bertz CT molecular complexity index is 362. The van der Waals surface area contributed by atoms with Gasteiger partial charge in [-0.05, 0) is 25.3 Å².